The van der Waals surface area contributed by atoms with Crippen LogP contribution in [0.4, 0.5) is 5.69 Å². The lowest BCUT2D eigenvalue weighted by Crippen LogP contribution is -2.22. The number of nitrogens with one attached hydrogen (secondary N) is 1. The van der Waals surface area contributed by atoms with Crippen molar-refractivity contribution in [3.63, 3.8) is 0 Å². The largest absolute Gasteiger partial charge is 0.455 e. The molecule has 4 nitrogen and oxygen atoms in total. The average molecular weight is 408 g/mol. The molecule has 0 aliphatic rings. The van der Waals surface area contributed by atoms with E-state index in [-0.39, 0.29) is 18.3 Å². The normalized spacial score (nSPS) is 10.3. The van der Waals surface area contributed by atoms with Crippen LogP contribution < -0.4 is 5.32 Å². The molecule has 1 N–H and O–H groups in total. The molecule has 2 aromatic carbocycles. The molecular formula is C18H18BrNO3S. The second-order valence-electron chi connectivity index (χ2n) is 5.20. The lowest BCUT2D eigenvalue weighted by molar-refractivity contribution is -0.144. The summed E-state index contributed by atoms with van der Waals surface area (Å²) < 4.78 is 5.99. The molecule has 1 amide bonds. The Hall–Kier alpha value is -1.79. The second-order valence-corrected chi connectivity index (χ2v) is 7.16. The van der Waals surface area contributed by atoms with Gasteiger partial charge in [0.15, 0.2) is 6.61 Å². The number of halogens is 1. The average Bonchev–Trinajstić information content (AvgIpc) is 2.56. The zero-order valence-electron chi connectivity index (χ0n) is 13.5. The van der Waals surface area contributed by atoms with Gasteiger partial charge in [-0.1, -0.05) is 28.1 Å². The van der Waals surface area contributed by atoms with Crippen molar-refractivity contribution in [2.24, 2.45) is 0 Å². The van der Waals surface area contributed by atoms with Gasteiger partial charge in [-0.3, -0.25) is 9.59 Å². The van der Waals surface area contributed by atoms with Crippen LogP contribution >= 0.6 is 27.7 Å². The van der Waals surface area contributed by atoms with Gasteiger partial charge in [-0.15, -0.1) is 11.8 Å². The molecule has 0 radical (unpaired) electrons. The minimum absolute atomic E-state index is 0.165. The highest BCUT2D eigenvalue weighted by molar-refractivity contribution is 9.10. The third-order valence-corrected chi connectivity index (χ3v) is 4.93. The topological polar surface area (TPSA) is 55.4 Å². The van der Waals surface area contributed by atoms with Crippen molar-refractivity contribution in [2.45, 2.75) is 18.7 Å². The first kappa shape index (κ1) is 18.5. The predicted molar refractivity (Wildman–Crippen MR) is 100 cm³/mol. The molecule has 2 rings (SSSR count). The number of hydrogen-bond acceptors (Lipinski definition) is 4. The quantitative estimate of drug-likeness (QED) is 0.571. The number of anilines is 1. The zero-order chi connectivity index (χ0) is 17.5. The number of carbonyl (C=O) groups excluding carboxylic acids is 2. The third-order valence-electron chi connectivity index (χ3n) is 3.41. The highest BCUT2D eigenvalue weighted by Gasteiger charge is 2.10. The van der Waals surface area contributed by atoms with Crippen LogP contribution in [0.1, 0.15) is 11.1 Å². The summed E-state index contributed by atoms with van der Waals surface area (Å²) >= 11 is 4.73. The van der Waals surface area contributed by atoms with Gasteiger partial charge in [0, 0.05) is 15.1 Å². The maximum absolute atomic E-state index is 11.9. The molecule has 0 atom stereocenters. The molecule has 0 fully saturated rings. The van der Waals surface area contributed by atoms with E-state index in [1.54, 1.807) is 0 Å². The fourth-order valence-corrected chi connectivity index (χ4v) is 2.89. The van der Waals surface area contributed by atoms with Crippen LogP contribution in [0.15, 0.2) is 51.8 Å². The van der Waals surface area contributed by atoms with Crippen LogP contribution in [0.25, 0.3) is 0 Å². The highest BCUT2D eigenvalue weighted by atomic mass is 79.9. The SMILES string of the molecule is Cc1cccc(NC(=O)COC(=O)CSc2ccc(Br)cc2)c1C. The van der Waals surface area contributed by atoms with Gasteiger partial charge in [0.25, 0.3) is 5.91 Å². The number of esters is 1. The molecule has 2 aromatic rings. The van der Waals surface area contributed by atoms with E-state index in [1.807, 2.05) is 56.3 Å². The van der Waals surface area contributed by atoms with Gasteiger partial charge in [-0.2, -0.15) is 0 Å². The number of carbonyl (C=O) groups is 2. The fourth-order valence-electron chi connectivity index (χ4n) is 1.93. The minimum atomic E-state index is -0.418. The monoisotopic (exact) mass is 407 g/mol. The smallest absolute Gasteiger partial charge is 0.316 e. The van der Waals surface area contributed by atoms with Crippen molar-refractivity contribution in [3.8, 4) is 0 Å². The Morgan fingerprint density at radius 2 is 1.83 bits per heavy atom. The Morgan fingerprint density at radius 3 is 2.54 bits per heavy atom. The molecule has 0 unspecified atom stereocenters. The van der Waals surface area contributed by atoms with E-state index in [9.17, 15) is 9.59 Å². The Labute approximate surface area is 154 Å². The zero-order valence-corrected chi connectivity index (χ0v) is 15.9. The van der Waals surface area contributed by atoms with E-state index in [4.69, 9.17) is 4.74 Å². The van der Waals surface area contributed by atoms with E-state index in [0.717, 1.165) is 26.2 Å². The third kappa shape index (κ3) is 5.69. The molecule has 6 heteroatoms. The predicted octanol–water partition coefficient (Wildman–Crippen LogP) is 4.34. The van der Waals surface area contributed by atoms with Crippen LogP contribution in [0, 0.1) is 13.8 Å². The number of amides is 1. The van der Waals surface area contributed by atoms with Crippen molar-refractivity contribution in [1.82, 2.24) is 0 Å². The highest BCUT2D eigenvalue weighted by Crippen LogP contribution is 2.21. The van der Waals surface area contributed by atoms with Crippen LogP contribution in [0.2, 0.25) is 0 Å². The van der Waals surface area contributed by atoms with E-state index < -0.39 is 5.97 Å². The molecule has 0 aromatic heterocycles. The van der Waals surface area contributed by atoms with E-state index in [0.29, 0.717) is 0 Å². The van der Waals surface area contributed by atoms with Crippen molar-refractivity contribution in [3.05, 3.63) is 58.1 Å². The van der Waals surface area contributed by atoms with Crippen molar-refractivity contribution < 1.29 is 14.3 Å². The molecule has 0 aliphatic heterocycles. The number of ether oxygens (including phenoxy) is 1. The van der Waals surface area contributed by atoms with Gasteiger partial charge < -0.3 is 10.1 Å². The number of benzene rings is 2. The van der Waals surface area contributed by atoms with Gasteiger partial charge in [-0.05, 0) is 55.3 Å². The molecule has 0 saturated carbocycles. The Bertz CT molecular complexity index is 732. The van der Waals surface area contributed by atoms with Crippen molar-refractivity contribution >= 4 is 45.3 Å². The standard InChI is InChI=1S/C18H18BrNO3S/c1-12-4-3-5-16(13(12)2)20-17(21)10-23-18(22)11-24-15-8-6-14(19)7-9-15/h3-9H,10-11H2,1-2H3,(H,20,21). The molecule has 24 heavy (non-hydrogen) atoms. The number of aryl methyl sites for hydroxylation is 1. The second kappa shape index (κ2) is 8.89. The summed E-state index contributed by atoms with van der Waals surface area (Å²) in [6.07, 6.45) is 0. The Kier molecular flexibility index (Phi) is 6.87. The van der Waals surface area contributed by atoms with Crippen LogP contribution in [0.5, 0.6) is 0 Å². The summed E-state index contributed by atoms with van der Waals surface area (Å²) in [4.78, 5) is 24.6. The molecule has 0 bridgehead atoms. The number of thioether (sulfide) groups is 1. The summed E-state index contributed by atoms with van der Waals surface area (Å²) in [5, 5.41) is 2.76. The van der Waals surface area contributed by atoms with E-state index >= 15 is 0 Å². The summed E-state index contributed by atoms with van der Waals surface area (Å²) in [5.74, 6) is -0.594. The van der Waals surface area contributed by atoms with E-state index in [2.05, 4.69) is 21.2 Å². The number of hydrogen-bond donors (Lipinski definition) is 1. The molecule has 0 spiro atoms. The van der Waals surface area contributed by atoms with Crippen molar-refractivity contribution in [1.29, 1.82) is 0 Å². The van der Waals surface area contributed by atoms with Gasteiger partial charge in [0.05, 0.1) is 5.75 Å². The van der Waals surface area contributed by atoms with Gasteiger partial charge in [0.1, 0.15) is 0 Å². The first-order valence-electron chi connectivity index (χ1n) is 7.36. The van der Waals surface area contributed by atoms with Crippen LogP contribution in [0.3, 0.4) is 0 Å². The fraction of sp³-hybridized carbons (Fsp3) is 0.222. The van der Waals surface area contributed by atoms with Crippen LogP contribution in [-0.4, -0.2) is 24.2 Å². The van der Waals surface area contributed by atoms with Crippen LogP contribution in [-0.2, 0) is 14.3 Å². The first-order valence-corrected chi connectivity index (χ1v) is 9.13. The minimum Gasteiger partial charge on any atom is -0.455 e. The number of rotatable bonds is 6. The maximum Gasteiger partial charge on any atom is 0.316 e. The van der Waals surface area contributed by atoms with Gasteiger partial charge in [-0.25, -0.2) is 0 Å². The van der Waals surface area contributed by atoms with Gasteiger partial charge >= 0.3 is 5.97 Å². The molecule has 0 aliphatic carbocycles. The Balaban J connectivity index is 1.75. The summed E-state index contributed by atoms with van der Waals surface area (Å²) in [6, 6.07) is 13.3. The first-order chi connectivity index (χ1) is 11.5. The molecular weight excluding hydrogens is 390 g/mol. The Morgan fingerprint density at radius 1 is 1.12 bits per heavy atom. The molecule has 0 saturated heterocycles. The lowest BCUT2D eigenvalue weighted by atomic mass is 10.1. The van der Waals surface area contributed by atoms with E-state index in [1.165, 1.54) is 11.8 Å². The summed E-state index contributed by atoms with van der Waals surface area (Å²) in [5.41, 5.74) is 2.83. The maximum atomic E-state index is 11.9. The molecule has 126 valence electrons. The summed E-state index contributed by atoms with van der Waals surface area (Å²) in [6.45, 7) is 3.63. The molecule has 0 heterocycles. The van der Waals surface area contributed by atoms with Crippen molar-refractivity contribution in [2.75, 3.05) is 17.7 Å². The lowest BCUT2D eigenvalue weighted by Gasteiger charge is -2.10. The summed E-state index contributed by atoms with van der Waals surface area (Å²) in [7, 11) is 0. The van der Waals surface area contributed by atoms with Gasteiger partial charge in [0.2, 0.25) is 0 Å².